The summed E-state index contributed by atoms with van der Waals surface area (Å²) in [6, 6.07) is 4.69. The first-order valence-electron chi connectivity index (χ1n) is 10.0. The summed E-state index contributed by atoms with van der Waals surface area (Å²) in [6.45, 7) is 14.2. The maximum Gasteiger partial charge on any atom is -1.00 e. The Hall–Kier alpha value is 0.123. The largest absolute Gasteiger partial charge is 1.00 e. The van der Waals surface area contributed by atoms with Crippen molar-refractivity contribution in [2.75, 3.05) is 0 Å². The molecule has 150 valence electrons. The van der Waals surface area contributed by atoms with Crippen molar-refractivity contribution in [1.82, 2.24) is 0 Å². The van der Waals surface area contributed by atoms with Crippen LogP contribution in [0.1, 0.15) is 69.6 Å². The van der Waals surface area contributed by atoms with E-state index in [0.29, 0.717) is 11.8 Å². The van der Waals surface area contributed by atoms with Gasteiger partial charge in [-0.15, -0.1) is 0 Å². The van der Waals surface area contributed by atoms with Crippen LogP contribution in [0.25, 0.3) is 0 Å². The Morgan fingerprint density at radius 2 is 1.71 bits per heavy atom. The number of aryl methyl sites for hydroxylation is 1. The van der Waals surface area contributed by atoms with Crippen LogP contribution in [-0.2, 0) is 23.2 Å². The molecule has 1 heterocycles. The first-order chi connectivity index (χ1) is 12.4. The summed E-state index contributed by atoms with van der Waals surface area (Å²) >= 11 is 1.38. The maximum atomic E-state index is 2.60. The zero-order chi connectivity index (χ0) is 18.6. The fourth-order valence-electron chi connectivity index (χ4n) is 5.02. The Bertz CT molecular complexity index is 884. The zero-order valence-electron chi connectivity index (χ0n) is 17.7. The van der Waals surface area contributed by atoms with Gasteiger partial charge in [-0.05, 0) is 0 Å². The van der Waals surface area contributed by atoms with Gasteiger partial charge in [0.05, 0.1) is 0 Å². The first-order valence-corrected chi connectivity index (χ1v) is 13.5. The van der Waals surface area contributed by atoms with Crippen LogP contribution >= 0.6 is 11.3 Å². The zero-order valence-corrected chi connectivity index (χ0v) is 22.5. The number of thiophene rings is 1. The molecule has 1 aromatic heterocycles. The molecule has 3 unspecified atom stereocenters. The van der Waals surface area contributed by atoms with E-state index >= 15 is 0 Å². The molecule has 3 atom stereocenters. The van der Waals surface area contributed by atoms with Crippen molar-refractivity contribution in [2.45, 2.75) is 70.3 Å². The van der Waals surface area contributed by atoms with Gasteiger partial charge in [0.2, 0.25) is 0 Å². The summed E-state index contributed by atoms with van der Waals surface area (Å²) in [6.07, 6.45) is 6.67. The van der Waals surface area contributed by atoms with Crippen LogP contribution in [0.3, 0.4) is 0 Å². The molecule has 0 spiro atoms. The molecular formula is C24H30Cl2SZr. The predicted molar refractivity (Wildman–Crippen MR) is 110 cm³/mol. The summed E-state index contributed by atoms with van der Waals surface area (Å²) in [4.78, 5) is 3.06. The number of rotatable bonds is 3. The molecule has 3 aliphatic rings. The van der Waals surface area contributed by atoms with E-state index in [1.54, 1.807) is 32.7 Å². The van der Waals surface area contributed by atoms with Gasteiger partial charge in [-0.1, -0.05) is 0 Å². The van der Waals surface area contributed by atoms with Crippen molar-refractivity contribution in [3.63, 3.8) is 0 Å². The fourth-order valence-corrected chi connectivity index (χ4v) is 10.9. The number of hydrogen-bond donors (Lipinski definition) is 0. The molecular weight excluding hydrogens is 482 g/mol. The Balaban J connectivity index is 0.00000140. The standard InChI is InChI=1S/C15H17S.C9H13.2ClH.Zr/c1-10-8-12-4-3-5-13(14(12)9-10)15-7-6-11(2)16-15;1-6-5-7(2)9(4)8(6)3;;;/h6-9,13H,3-5H2,1-2H3;6H,1-4H3;2*1H;/q;;;;+2/p-2. The van der Waals surface area contributed by atoms with E-state index in [-0.39, 0.29) is 24.8 Å². The van der Waals surface area contributed by atoms with Crippen molar-refractivity contribution in [1.29, 1.82) is 0 Å². The van der Waals surface area contributed by atoms with Gasteiger partial charge in [0.1, 0.15) is 0 Å². The SMILES string of the molecule is CC1=CC2=C(CCCC2c2ccc(C)s2)[CH]1[Zr+2][C]1=C(C)C(C)=C(C)C1C.[Cl-].[Cl-]. The van der Waals surface area contributed by atoms with E-state index in [2.05, 4.69) is 59.8 Å². The second-order valence-electron chi connectivity index (χ2n) is 8.41. The van der Waals surface area contributed by atoms with Crippen LogP contribution in [0.5, 0.6) is 0 Å². The summed E-state index contributed by atoms with van der Waals surface area (Å²) in [5.74, 6) is 1.38. The smallest absolute Gasteiger partial charge is 1.00 e. The molecule has 3 aliphatic carbocycles. The van der Waals surface area contributed by atoms with Crippen LogP contribution in [0.2, 0.25) is 3.63 Å². The monoisotopic (exact) mass is 510 g/mol. The summed E-state index contributed by atoms with van der Waals surface area (Å²) < 4.78 is 2.69. The van der Waals surface area contributed by atoms with E-state index in [4.69, 9.17) is 0 Å². The van der Waals surface area contributed by atoms with Gasteiger partial charge >= 0.3 is 176 Å². The Morgan fingerprint density at radius 3 is 2.29 bits per heavy atom. The molecule has 0 saturated carbocycles. The van der Waals surface area contributed by atoms with Gasteiger partial charge in [-0.25, -0.2) is 0 Å². The summed E-state index contributed by atoms with van der Waals surface area (Å²) in [5.41, 5.74) is 10.1. The molecule has 0 N–H and O–H groups in total. The maximum absolute atomic E-state index is 2.60. The molecule has 1 aromatic rings. The molecule has 4 heteroatoms. The van der Waals surface area contributed by atoms with Crippen LogP contribution in [0.4, 0.5) is 0 Å². The average molecular weight is 513 g/mol. The second-order valence-corrected chi connectivity index (χ2v) is 13.2. The predicted octanol–water partition coefficient (Wildman–Crippen LogP) is 1.72. The van der Waals surface area contributed by atoms with E-state index in [1.165, 1.54) is 24.1 Å². The quantitative estimate of drug-likeness (QED) is 0.579. The molecule has 0 fully saturated rings. The summed E-state index contributed by atoms with van der Waals surface area (Å²) in [7, 11) is 0. The second kappa shape index (κ2) is 9.51. The Morgan fingerprint density at radius 1 is 1.00 bits per heavy atom. The minimum Gasteiger partial charge on any atom is -1.00 e. The van der Waals surface area contributed by atoms with E-state index < -0.39 is 23.2 Å². The van der Waals surface area contributed by atoms with Gasteiger partial charge < -0.3 is 24.8 Å². The van der Waals surface area contributed by atoms with Crippen molar-refractivity contribution >= 4 is 11.3 Å². The third-order valence-electron chi connectivity index (χ3n) is 6.92. The fraction of sp³-hybridized carbons (Fsp3) is 0.500. The van der Waals surface area contributed by atoms with Crippen molar-refractivity contribution in [3.05, 3.63) is 64.7 Å². The summed E-state index contributed by atoms with van der Waals surface area (Å²) in [5, 5.41) is 0. The normalized spacial score (nSPS) is 26.6. The number of allylic oxidation sites excluding steroid dienone is 8. The van der Waals surface area contributed by atoms with Gasteiger partial charge in [0, 0.05) is 0 Å². The Labute approximate surface area is 199 Å². The molecule has 28 heavy (non-hydrogen) atoms. The van der Waals surface area contributed by atoms with Crippen LogP contribution in [0.15, 0.2) is 54.9 Å². The third-order valence-corrected chi connectivity index (χ3v) is 13.5. The minimum absolute atomic E-state index is 0. The van der Waals surface area contributed by atoms with Crippen LogP contribution < -0.4 is 24.8 Å². The molecule has 4 rings (SSSR count). The molecule has 0 aliphatic heterocycles. The van der Waals surface area contributed by atoms with Gasteiger partial charge in [0.15, 0.2) is 0 Å². The molecule has 0 saturated heterocycles. The molecule has 0 amide bonds. The van der Waals surface area contributed by atoms with Crippen molar-refractivity contribution in [3.8, 4) is 0 Å². The Kier molecular flexibility index (Phi) is 8.28. The van der Waals surface area contributed by atoms with Crippen molar-refractivity contribution in [2.24, 2.45) is 5.92 Å². The van der Waals surface area contributed by atoms with Gasteiger partial charge in [0.25, 0.3) is 0 Å². The van der Waals surface area contributed by atoms with E-state index in [0.717, 1.165) is 3.63 Å². The first kappa shape index (κ1) is 24.4. The molecule has 0 nitrogen and oxygen atoms in total. The molecule has 0 bridgehead atoms. The minimum atomic E-state index is -0.631. The number of halogens is 2. The third kappa shape index (κ3) is 4.14. The van der Waals surface area contributed by atoms with Crippen LogP contribution in [-0.4, -0.2) is 0 Å². The van der Waals surface area contributed by atoms with Gasteiger partial charge in [-0.3, -0.25) is 0 Å². The average Bonchev–Trinajstić information content (AvgIpc) is 3.24. The van der Waals surface area contributed by atoms with Gasteiger partial charge in [-0.2, -0.15) is 0 Å². The molecule has 0 radical (unpaired) electrons. The van der Waals surface area contributed by atoms with Crippen LogP contribution in [0, 0.1) is 12.8 Å². The number of hydrogen-bond acceptors (Lipinski definition) is 1. The van der Waals surface area contributed by atoms with E-state index in [1.807, 2.05) is 20.2 Å². The van der Waals surface area contributed by atoms with Crippen molar-refractivity contribution < 1.29 is 48.0 Å². The van der Waals surface area contributed by atoms with E-state index in [9.17, 15) is 0 Å². The topological polar surface area (TPSA) is 0 Å². The molecule has 0 aromatic carbocycles.